The van der Waals surface area contributed by atoms with E-state index in [1.807, 2.05) is 18.2 Å². The van der Waals surface area contributed by atoms with E-state index in [0.717, 1.165) is 22.8 Å². The standard InChI is InChI=1S/C13H11NO3/c1-17-13(16)5-3-9-2-4-11-10(8-15)7-14-12(11)6-9/h2-8,14H,1H3. The Morgan fingerprint density at radius 2 is 2.24 bits per heavy atom. The van der Waals surface area contributed by atoms with Crippen molar-refractivity contribution in [2.24, 2.45) is 0 Å². The van der Waals surface area contributed by atoms with Gasteiger partial charge in [-0.05, 0) is 17.7 Å². The Hall–Kier alpha value is -2.36. The van der Waals surface area contributed by atoms with E-state index in [2.05, 4.69) is 9.72 Å². The van der Waals surface area contributed by atoms with Crippen molar-refractivity contribution in [2.45, 2.75) is 0 Å². The number of hydrogen-bond donors (Lipinski definition) is 1. The second-order valence-corrected chi connectivity index (χ2v) is 3.52. The van der Waals surface area contributed by atoms with Crippen molar-refractivity contribution in [3.05, 3.63) is 41.6 Å². The third kappa shape index (κ3) is 2.25. The van der Waals surface area contributed by atoms with E-state index in [-0.39, 0.29) is 0 Å². The highest BCUT2D eigenvalue weighted by molar-refractivity contribution is 5.98. The van der Waals surface area contributed by atoms with Crippen LogP contribution in [0.25, 0.3) is 17.0 Å². The number of hydrogen-bond acceptors (Lipinski definition) is 3. The maximum Gasteiger partial charge on any atom is 0.330 e. The second-order valence-electron chi connectivity index (χ2n) is 3.52. The number of H-pyrrole nitrogens is 1. The number of esters is 1. The Labute approximate surface area is 97.9 Å². The first-order valence-electron chi connectivity index (χ1n) is 5.07. The molecule has 0 radical (unpaired) electrons. The van der Waals surface area contributed by atoms with Gasteiger partial charge in [0.15, 0.2) is 6.29 Å². The molecule has 86 valence electrons. The van der Waals surface area contributed by atoms with Crippen LogP contribution in [0.1, 0.15) is 15.9 Å². The van der Waals surface area contributed by atoms with E-state index in [1.54, 1.807) is 12.3 Å². The van der Waals surface area contributed by atoms with Crippen LogP contribution in [0.15, 0.2) is 30.5 Å². The van der Waals surface area contributed by atoms with Crippen molar-refractivity contribution in [1.29, 1.82) is 0 Å². The van der Waals surface area contributed by atoms with E-state index in [9.17, 15) is 9.59 Å². The fraction of sp³-hybridized carbons (Fsp3) is 0.0769. The summed E-state index contributed by atoms with van der Waals surface area (Å²) in [6.07, 6.45) is 5.48. The molecule has 0 amide bonds. The first-order valence-corrected chi connectivity index (χ1v) is 5.07. The summed E-state index contributed by atoms with van der Waals surface area (Å²) in [5, 5.41) is 0.871. The molecule has 0 saturated carbocycles. The van der Waals surface area contributed by atoms with Crippen molar-refractivity contribution in [3.8, 4) is 0 Å². The Kier molecular flexibility index (Phi) is 3.05. The van der Waals surface area contributed by atoms with E-state index in [1.165, 1.54) is 13.2 Å². The van der Waals surface area contributed by atoms with Crippen molar-refractivity contribution in [2.75, 3.05) is 7.11 Å². The lowest BCUT2D eigenvalue weighted by Gasteiger charge is -1.95. The Bertz CT molecular complexity index is 596. The largest absolute Gasteiger partial charge is 0.466 e. The van der Waals surface area contributed by atoms with Gasteiger partial charge >= 0.3 is 5.97 Å². The lowest BCUT2D eigenvalue weighted by molar-refractivity contribution is -0.134. The Balaban J connectivity index is 2.35. The summed E-state index contributed by atoms with van der Waals surface area (Å²) >= 11 is 0. The number of benzene rings is 1. The number of fused-ring (bicyclic) bond motifs is 1. The number of carbonyl (C=O) groups is 2. The highest BCUT2D eigenvalue weighted by atomic mass is 16.5. The molecule has 4 heteroatoms. The molecule has 17 heavy (non-hydrogen) atoms. The lowest BCUT2D eigenvalue weighted by atomic mass is 10.1. The number of nitrogens with one attached hydrogen (secondary N) is 1. The summed E-state index contributed by atoms with van der Waals surface area (Å²) in [6.45, 7) is 0. The highest BCUT2D eigenvalue weighted by Crippen LogP contribution is 2.18. The van der Waals surface area contributed by atoms with Gasteiger partial charge in [-0.1, -0.05) is 12.1 Å². The van der Waals surface area contributed by atoms with Crippen LogP contribution in [0.2, 0.25) is 0 Å². The van der Waals surface area contributed by atoms with Crippen LogP contribution in [-0.4, -0.2) is 24.3 Å². The van der Waals surface area contributed by atoms with Gasteiger partial charge in [0, 0.05) is 28.7 Å². The molecule has 1 N–H and O–H groups in total. The average molecular weight is 229 g/mol. The van der Waals surface area contributed by atoms with Crippen LogP contribution < -0.4 is 0 Å². The monoisotopic (exact) mass is 229 g/mol. The highest BCUT2D eigenvalue weighted by Gasteiger charge is 2.02. The van der Waals surface area contributed by atoms with Crippen molar-refractivity contribution in [3.63, 3.8) is 0 Å². The topological polar surface area (TPSA) is 59.2 Å². The van der Waals surface area contributed by atoms with Crippen LogP contribution >= 0.6 is 0 Å². The molecule has 2 aromatic rings. The molecule has 0 spiro atoms. The molecule has 1 heterocycles. The molecular weight excluding hydrogens is 218 g/mol. The zero-order valence-corrected chi connectivity index (χ0v) is 9.27. The number of aldehydes is 1. The van der Waals surface area contributed by atoms with Crippen LogP contribution in [0, 0.1) is 0 Å². The van der Waals surface area contributed by atoms with Gasteiger partial charge in [0.05, 0.1) is 7.11 Å². The van der Waals surface area contributed by atoms with Gasteiger partial charge in [-0.25, -0.2) is 4.79 Å². The molecule has 0 aliphatic rings. The van der Waals surface area contributed by atoms with Gasteiger partial charge in [0.2, 0.25) is 0 Å². The third-order valence-electron chi connectivity index (χ3n) is 2.48. The molecule has 0 unspecified atom stereocenters. The minimum absolute atomic E-state index is 0.398. The first kappa shape index (κ1) is 11.1. The minimum atomic E-state index is -0.398. The van der Waals surface area contributed by atoms with E-state index < -0.39 is 5.97 Å². The van der Waals surface area contributed by atoms with Gasteiger partial charge in [-0.3, -0.25) is 4.79 Å². The summed E-state index contributed by atoms with van der Waals surface area (Å²) in [4.78, 5) is 24.7. The van der Waals surface area contributed by atoms with Crippen molar-refractivity contribution < 1.29 is 14.3 Å². The Morgan fingerprint density at radius 3 is 2.94 bits per heavy atom. The van der Waals surface area contributed by atoms with Crippen LogP contribution in [-0.2, 0) is 9.53 Å². The van der Waals surface area contributed by atoms with Crippen molar-refractivity contribution in [1.82, 2.24) is 4.98 Å². The molecule has 4 nitrogen and oxygen atoms in total. The molecule has 0 aliphatic heterocycles. The normalized spacial score (nSPS) is 10.9. The molecule has 0 atom stereocenters. The lowest BCUT2D eigenvalue weighted by Crippen LogP contribution is -1.93. The summed E-state index contributed by atoms with van der Waals surface area (Å²) in [7, 11) is 1.33. The number of aromatic nitrogens is 1. The van der Waals surface area contributed by atoms with Crippen LogP contribution in [0.4, 0.5) is 0 Å². The fourth-order valence-corrected chi connectivity index (χ4v) is 1.60. The number of carbonyl (C=O) groups excluding carboxylic acids is 2. The maximum atomic E-state index is 10.9. The quantitative estimate of drug-likeness (QED) is 0.498. The zero-order chi connectivity index (χ0) is 12.3. The zero-order valence-electron chi connectivity index (χ0n) is 9.27. The molecule has 0 saturated heterocycles. The van der Waals surface area contributed by atoms with E-state index in [0.29, 0.717) is 5.56 Å². The van der Waals surface area contributed by atoms with Crippen LogP contribution in [0.5, 0.6) is 0 Å². The fourth-order valence-electron chi connectivity index (χ4n) is 1.60. The summed E-state index contributed by atoms with van der Waals surface area (Å²) in [5.41, 5.74) is 2.35. The molecule has 0 aliphatic carbocycles. The van der Waals surface area contributed by atoms with Crippen LogP contribution in [0.3, 0.4) is 0 Å². The summed E-state index contributed by atoms with van der Waals surface area (Å²) in [5.74, 6) is -0.398. The smallest absolute Gasteiger partial charge is 0.330 e. The summed E-state index contributed by atoms with van der Waals surface area (Å²) < 4.78 is 4.50. The second kappa shape index (κ2) is 4.65. The molecule has 0 bridgehead atoms. The Morgan fingerprint density at radius 1 is 1.41 bits per heavy atom. The third-order valence-corrected chi connectivity index (χ3v) is 2.48. The molecule has 1 aromatic carbocycles. The molecule has 2 rings (SSSR count). The van der Waals surface area contributed by atoms with Crippen molar-refractivity contribution >= 4 is 29.2 Å². The summed E-state index contributed by atoms with van der Waals surface area (Å²) in [6, 6.07) is 5.54. The predicted molar refractivity (Wildman–Crippen MR) is 64.7 cm³/mol. The maximum absolute atomic E-state index is 10.9. The number of rotatable bonds is 3. The van der Waals surface area contributed by atoms with Gasteiger partial charge in [0.1, 0.15) is 0 Å². The molecular formula is C13H11NO3. The number of ether oxygens (including phenoxy) is 1. The number of aromatic amines is 1. The molecule has 1 aromatic heterocycles. The first-order chi connectivity index (χ1) is 8.24. The van der Waals surface area contributed by atoms with Gasteiger partial charge in [-0.2, -0.15) is 0 Å². The van der Waals surface area contributed by atoms with E-state index in [4.69, 9.17) is 0 Å². The van der Waals surface area contributed by atoms with Gasteiger partial charge in [0.25, 0.3) is 0 Å². The molecule has 0 fully saturated rings. The minimum Gasteiger partial charge on any atom is -0.466 e. The SMILES string of the molecule is COC(=O)C=Cc1ccc2c(C=O)c[nH]c2c1. The van der Waals surface area contributed by atoms with Gasteiger partial charge < -0.3 is 9.72 Å². The van der Waals surface area contributed by atoms with E-state index >= 15 is 0 Å². The average Bonchev–Trinajstić information content (AvgIpc) is 2.78. The van der Waals surface area contributed by atoms with Gasteiger partial charge in [-0.15, -0.1) is 0 Å². The number of methoxy groups -OCH3 is 1. The predicted octanol–water partition coefficient (Wildman–Crippen LogP) is 2.17.